The van der Waals surface area contributed by atoms with E-state index in [9.17, 15) is 0 Å². The minimum atomic E-state index is 0.692. The van der Waals surface area contributed by atoms with Gasteiger partial charge in [0.2, 0.25) is 0 Å². The molecule has 0 spiro atoms. The molecule has 0 aliphatic heterocycles. The Kier molecular flexibility index (Phi) is 7.35. The Bertz CT molecular complexity index is 773. The molecule has 1 saturated carbocycles. The Labute approximate surface area is 165 Å². The molecule has 0 saturated heterocycles. The largest absolute Gasteiger partial charge is 0.0730 e. The Hall–Kier alpha value is -2.26. The minimum absolute atomic E-state index is 0.692. The number of benzene rings is 2. The molecule has 0 radical (unpaired) electrons. The van der Waals surface area contributed by atoms with Crippen molar-refractivity contribution < 1.29 is 0 Å². The third-order valence-corrected chi connectivity index (χ3v) is 5.79. The molecule has 3 rings (SSSR count). The maximum atomic E-state index is 3.25. The molecule has 0 heteroatoms. The number of aryl methyl sites for hydroxylation is 2. The van der Waals surface area contributed by atoms with Crippen LogP contribution >= 0.6 is 0 Å². The van der Waals surface area contributed by atoms with Gasteiger partial charge in [0.1, 0.15) is 0 Å². The molecule has 0 amide bonds. The van der Waals surface area contributed by atoms with Crippen LogP contribution in [0.4, 0.5) is 0 Å². The second-order valence-electron chi connectivity index (χ2n) is 7.78. The number of allylic oxidation sites excluding steroid dienone is 2. The third-order valence-electron chi connectivity index (χ3n) is 5.79. The highest BCUT2D eigenvalue weighted by molar-refractivity contribution is 5.38. The van der Waals surface area contributed by atoms with Crippen molar-refractivity contribution in [2.45, 2.75) is 64.7 Å². The standard InChI is InChI=1S/C27H32/c1-3-7-23-14-18-26(19-15-23)27-20-16-25(17-21-27)9-6-5-8-24-12-10-22(4-2)11-13-24/h6,9-15,18-19,25,27H,3-4,7,16-17,20-21H2,1-2H3/t25-,27-. The summed E-state index contributed by atoms with van der Waals surface area (Å²) in [5, 5.41) is 0. The van der Waals surface area contributed by atoms with Crippen molar-refractivity contribution in [2.24, 2.45) is 5.92 Å². The van der Waals surface area contributed by atoms with E-state index in [1.54, 1.807) is 0 Å². The fraction of sp³-hybridized carbons (Fsp3) is 0.407. The summed E-state index contributed by atoms with van der Waals surface area (Å²) in [5.41, 5.74) is 5.48. The molecule has 0 N–H and O–H groups in total. The average Bonchev–Trinajstić information content (AvgIpc) is 2.73. The first-order chi connectivity index (χ1) is 13.3. The van der Waals surface area contributed by atoms with E-state index in [4.69, 9.17) is 0 Å². The van der Waals surface area contributed by atoms with Crippen molar-refractivity contribution in [3.05, 3.63) is 82.9 Å². The van der Waals surface area contributed by atoms with Crippen LogP contribution in [-0.4, -0.2) is 0 Å². The van der Waals surface area contributed by atoms with E-state index in [0.717, 1.165) is 17.9 Å². The van der Waals surface area contributed by atoms with Gasteiger partial charge in [-0.15, -0.1) is 0 Å². The fourth-order valence-corrected chi connectivity index (χ4v) is 4.02. The quantitative estimate of drug-likeness (QED) is 0.502. The monoisotopic (exact) mass is 356 g/mol. The van der Waals surface area contributed by atoms with Gasteiger partial charge < -0.3 is 0 Å². The molecule has 2 aromatic rings. The lowest BCUT2D eigenvalue weighted by Gasteiger charge is -2.27. The normalized spacial score (nSPS) is 19.6. The minimum Gasteiger partial charge on any atom is -0.0730 e. The summed E-state index contributed by atoms with van der Waals surface area (Å²) in [6.07, 6.45) is 13.1. The molecule has 1 aliphatic rings. The molecule has 0 bridgehead atoms. The maximum absolute atomic E-state index is 3.25. The summed E-state index contributed by atoms with van der Waals surface area (Å²) in [5.74, 6) is 7.90. The smallest absolute Gasteiger partial charge is 0.0249 e. The molecule has 1 aliphatic carbocycles. The van der Waals surface area contributed by atoms with Crippen LogP contribution in [0, 0.1) is 17.8 Å². The van der Waals surface area contributed by atoms with Crippen LogP contribution in [0.1, 0.15) is 74.1 Å². The number of hydrogen-bond donors (Lipinski definition) is 0. The Balaban J connectivity index is 1.47. The van der Waals surface area contributed by atoms with Gasteiger partial charge >= 0.3 is 0 Å². The van der Waals surface area contributed by atoms with Crippen molar-refractivity contribution in [1.29, 1.82) is 0 Å². The van der Waals surface area contributed by atoms with Crippen molar-refractivity contribution >= 4 is 0 Å². The number of hydrogen-bond acceptors (Lipinski definition) is 0. The highest BCUT2D eigenvalue weighted by Gasteiger charge is 2.20. The summed E-state index contributed by atoms with van der Waals surface area (Å²) in [4.78, 5) is 0. The van der Waals surface area contributed by atoms with Crippen LogP contribution in [-0.2, 0) is 12.8 Å². The van der Waals surface area contributed by atoms with Crippen LogP contribution in [0.25, 0.3) is 0 Å². The lowest BCUT2D eigenvalue weighted by Crippen LogP contribution is -2.11. The summed E-state index contributed by atoms with van der Waals surface area (Å²) in [7, 11) is 0. The Morgan fingerprint density at radius 1 is 0.852 bits per heavy atom. The van der Waals surface area contributed by atoms with E-state index in [-0.39, 0.29) is 0 Å². The number of rotatable bonds is 5. The van der Waals surface area contributed by atoms with Gasteiger partial charge in [-0.3, -0.25) is 0 Å². The topological polar surface area (TPSA) is 0 Å². The van der Waals surface area contributed by atoms with Crippen LogP contribution in [0.15, 0.2) is 60.7 Å². The maximum Gasteiger partial charge on any atom is 0.0249 e. The predicted octanol–water partition coefficient (Wildman–Crippen LogP) is 7.08. The highest BCUT2D eigenvalue weighted by Crippen LogP contribution is 2.36. The lowest BCUT2D eigenvalue weighted by molar-refractivity contribution is 0.376. The van der Waals surface area contributed by atoms with Crippen molar-refractivity contribution in [2.75, 3.05) is 0 Å². The van der Waals surface area contributed by atoms with Crippen molar-refractivity contribution in [3.8, 4) is 11.8 Å². The summed E-state index contributed by atoms with van der Waals surface area (Å²) >= 11 is 0. The molecule has 2 aromatic carbocycles. The molecule has 140 valence electrons. The van der Waals surface area contributed by atoms with Gasteiger partial charge in [0.25, 0.3) is 0 Å². The molecular formula is C27H32. The van der Waals surface area contributed by atoms with E-state index < -0.39 is 0 Å². The van der Waals surface area contributed by atoms with E-state index in [2.05, 4.69) is 86.4 Å². The molecule has 0 unspecified atom stereocenters. The van der Waals surface area contributed by atoms with Gasteiger partial charge in [-0.05, 0) is 85.3 Å². The first-order valence-electron chi connectivity index (χ1n) is 10.6. The molecule has 27 heavy (non-hydrogen) atoms. The van der Waals surface area contributed by atoms with E-state index >= 15 is 0 Å². The van der Waals surface area contributed by atoms with E-state index in [1.807, 2.05) is 0 Å². The molecule has 1 fully saturated rings. The third kappa shape index (κ3) is 5.86. The van der Waals surface area contributed by atoms with Crippen LogP contribution in [0.2, 0.25) is 0 Å². The van der Waals surface area contributed by atoms with Crippen molar-refractivity contribution in [3.63, 3.8) is 0 Å². The first kappa shape index (κ1) is 19.5. The first-order valence-corrected chi connectivity index (χ1v) is 10.6. The van der Waals surface area contributed by atoms with Gasteiger partial charge in [-0.1, -0.05) is 74.6 Å². The summed E-state index contributed by atoms with van der Waals surface area (Å²) in [6, 6.07) is 18.0. The van der Waals surface area contributed by atoms with Crippen molar-refractivity contribution in [1.82, 2.24) is 0 Å². The zero-order valence-corrected chi connectivity index (χ0v) is 16.9. The Morgan fingerprint density at radius 3 is 2.15 bits per heavy atom. The predicted molar refractivity (Wildman–Crippen MR) is 117 cm³/mol. The van der Waals surface area contributed by atoms with Gasteiger partial charge in [0.05, 0.1) is 0 Å². The van der Waals surface area contributed by atoms with E-state index in [0.29, 0.717) is 5.92 Å². The second kappa shape index (κ2) is 10.2. The summed E-state index contributed by atoms with van der Waals surface area (Å²) < 4.78 is 0. The molecule has 0 heterocycles. The van der Waals surface area contributed by atoms with Gasteiger partial charge in [0, 0.05) is 5.56 Å². The summed E-state index contributed by atoms with van der Waals surface area (Å²) in [6.45, 7) is 4.43. The average molecular weight is 357 g/mol. The Morgan fingerprint density at radius 2 is 1.52 bits per heavy atom. The van der Waals surface area contributed by atoms with Crippen LogP contribution in [0.3, 0.4) is 0 Å². The van der Waals surface area contributed by atoms with Gasteiger partial charge in [-0.2, -0.15) is 0 Å². The molecular weight excluding hydrogens is 324 g/mol. The van der Waals surface area contributed by atoms with Gasteiger partial charge in [0.15, 0.2) is 0 Å². The highest BCUT2D eigenvalue weighted by atomic mass is 14.3. The zero-order chi connectivity index (χ0) is 18.9. The van der Waals surface area contributed by atoms with Crippen LogP contribution in [0.5, 0.6) is 0 Å². The molecule has 0 aromatic heterocycles. The SMILES string of the molecule is CCCc1ccc([C@H]2CC[C@H](C=CC#Cc3ccc(CC)cc3)CC2)cc1. The molecule has 0 atom stereocenters. The van der Waals surface area contributed by atoms with Crippen LogP contribution < -0.4 is 0 Å². The van der Waals surface area contributed by atoms with Gasteiger partial charge in [-0.25, -0.2) is 0 Å². The van der Waals surface area contributed by atoms with E-state index in [1.165, 1.54) is 55.2 Å². The lowest BCUT2D eigenvalue weighted by atomic mass is 9.78. The molecule has 0 nitrogen and oxygen atoms in total. The zero-order valence-electron chi connectivity index (χ0n) is 16.9. The fourth-order valence-electron chi connectivity index (χ4n) is 4.02. The second-order valence-corrected chi connectivity index (χ2v) is 7.78.